The molecule has 3 aromatic rings. The van der Waals surface area contributed by atoms with E-state index >= 15 is 0 Å². The van der Waals surface area contributed by atoms with Gasteiger partial charge < -0.3 is 24.1 Å². The number of hydrogen-bond donors (Lipinski definition) is 1. The molecule has 9 heteroatoms. The lowest BCUT2D eigenvalue weighted by Crippen LogP contribution is -2.43. The van der Waals surface area contributed by atoms with E-state index in [1.807, 2.05) is 0 Å². The maximum Gasteiger partial charge on any atom is 0.573 e. The molecule has 0 radical (unpaired) electrons. The van der Waals surface area contributed by atoms with Crippen molar-refractivity contribution in [2.45, 2.75) is 31.8 Å². The molecule has 0 atom stereocenters. The van der Waals surface area contributed by atoms with Gasteiger partial charge in [0.2, 0.25) is 0 Å². The van der Waals surface area contributed by atoms with E-state index in [9.17, 15) is 18.0 Å². The van der Waals surface area contributed by atoms with E-state index in [2.05, 4.69) is 15.0 Å². The zero-order valence-electron chi connectivity index (χ0n) is 17.4. The summed E-state index contributed by atoms with van der Waals surface area (Å²) in [6.45, 7) is 1.91. The molecule has 0 saturated carbocycles. The van der Waals surface area contributed by atoms with Crippen LogP contribution in [0.5, 0.6) is 11.5 Å². The topological polar surface area (TPSA) is 63.9 Å². The van der Waals surface area contributed by atoms with Crippen LogP contribution in [0.4, 0.5) is 18.9 Å². The van der Waals surface area contributed by atoms with Crippen LogP contribution < -0.4 is 25.3 Å². The SMILES string of the molecule is COc1ccc2oc(=O)cc(N(Cc3cccc(OC(F)(F)F)c3)C3CCNCC3)c2c1. The predicted molar refractivity (Wildman–Crippen MR) is 114 cm³/mol. The summed E-state index contributed by atoms with van der Waals surface area (Å²) < 4.78 is 52.9. The summed E-state index contributed by atoms with van der Waals surface area (Å²) in [6, 6.07) is 12.6. The Morgan fingerprint density at radius 2 is 1.88 bits per heavy atom. The first-order valence-electron chi connectivity index (χ1n) is 10.3. The third kappa shape index (κ3) is 5.16. The van der Waals surface area contributed by atoms with E-state index in [-0.39, 0.29) is 11.8 Å². The van der Waals surface area contributed by atoms with Gasteiger partial charge in [-0.3, -0.25) is 0 Å². The van der Waals surface area contributed by atoms with Crippen molar-refractivity contribution in [3.8, 4) is 11.5 Å². The number of ether oxygens (including phenoxy) is 2. The van der Waals surface area contributed by atoms with Gasteiger partial charge >= 0.3 is 12.0 Å². The van der Waals surface area contributed by atoms with Gasteiger partial charge in [-0.05, 0) is 61.8 Å². The average Bonchev–Trinajstić information content (AvgIpc) is 2.76. The van der Waals surface area contributed by atoms with Crippen LogP contribution >= 0.6 is 0 Å². The van der Waals surface area contributed by atoms with Gasteiger partial charge in [0.05, 0.1) is 12.8 Å². The fraction of sp³-hybridized carbons (Fsp3) is 0.348. The Labute approximate surface area is 182 Å². The molecule has 2 heterocycles. The average molecular weight is 448 g/mol. The quantitative estimate of drug-likeness (QED) is 0.562. The molecule has 1 fully saturated rings. The van der Waals surface area contributed by atoms with E-state index in [0.29, 0.717) is 34.5 Å². The second-order valence-electron chi connectivity index (χ2n) is 7.62. The van der Waals surface area contributed by atoms with Gasteiger partial charge in [0.15, 0.2) is 0 Å². The predicted octanol–water partition coefficient (Wildman–Crippen LogP) is 4.46. The van der Waals surface area contributed by atoms with Crippen LogP contribution in [0.1, 0.15) is 18.4 Å². The molecule has 2 aromatic carbocycles. The third-order valence-electron chi connectivity index (χ3n) is 5.47. The molecule has 0 spiro atoms. The van der Waals surface area contributed by atoms with Gasteiger partial charge in [-0.25, -0.2) is 4.79 Å². The number of hydrogen-bond acceptors (Lipinski definition) is 6. The van der Waals surface area contributed by atoms with Gasteiger partial charge in [-0.2, -0.15) is 0 Å². The number of halogens is 3. The van der Waals surface area contributed by atoms with Crippen molar-refractivity contribution in [2.24, 2.45) is 0 Å². The Morgan fingerprint density at radius 1 is 1.09 bits per heavy atom. The molecule has 170 valence electrons. The van der Waals surface area contributed by atoms with Gasteiger partial charge in [-0.1, -0.05) is 12.1 Å². The molecule has 0 bridgehead atoms. The number of nitrogens with zero attached hydrogens (tertiary/aromatic N) is 1. The second kappa shape index (κ2) is 9.12. The Morgan fingerprint density at radius 3 is 2.59 bits per heavy atom. The molecule has 1 aliphatic heterocycles. The molecular formula is C23H23F3N2O4. The summed E-state index contributed by atoms with van der Waals surface area (Å²) in [7, 11) is 1.55. The van der Waals surface area contributed by atoms with Crippen molar-refractivity contribution in [1.82, 2.24) is 5.32 Å². The Kier molecular flexibility index (Phi) is 6.27. The smallest absolute Gasteiger partial charge is 0.497 e. The van der Waals surface area contributed by atoms with Crippen molar-refractivity contribution in [2.75, 3.05) is 25.1 Å². The highest BCUT2D eigenvalue weighted by Gasteiger charge is 2.31. The fourth-order valence-corrected chi connectivity index (χ4v) is 4.06. The van der Waals surface area contributed by atoms with Crippen molar-refractivity contribution >= 4 is 16.7 Å². The molecule has 1 aromatic heterocycles. The summed E-state index contributed by atoms with van der Waals surface area (Å²) in [5.41, 5.74) is 1.21. The molecule has 0 amide bonds. The van der Waals surface area contributed by atoms with Crippen LogP contribution in [-0.2, 0) is 6.54 Å². The minimum Gasteiger partial charge on any atom is -0.497 e. The van der Waals surface area contributed by atoms with Crippen molar-refractivity contribution in [3.05, 3.63) is 64.5 Å². The maximum absolute atomic E-state index is 12.7. The van der Waals surface area contributed by atoms with Crippen LogP contribution in [0.3, 0.4) is 0 Å². The lowest BCUT2D eigenvalue weighted by atomic mass is 10.0. The summed E-state index contributed by atoms with van der Waals surface area (Å²) >= 11 is 0. The van der Waals surface area contributed by atoms with E-state index < -0.39 is 12.0 Å². The number of rotatable bonds is 6. The van der Waals surface area contributed by atoms with Gasteiger partial charge in [0, 0.05) is 24.0 Å². The summed E-state index contributed by atoms with van der Waals surface area (Å²) in [6.07, 6.45) is -3.12. The Balaban J connectivity index is 1.77. The number of alkyl halides is 3. The van der Waals surface area contributed by atoms with Crippen molar-refractivity contribution in [1.29, 1.82) is 0 Å². The fourth-order valence-electron chi connectivity index (χ4n) is 4.06. The number of anilines is 1. The van der Waals surface area contributed by atoms with Crippen LogP contribution in [-0.4, -0.2) is 32.6 Å². The van der Waals surface area contributed by atoms with Crippen LogP contribution in [0.2, 0.25) is 0 Å². The van der Waals surface area contributed by atoms with Crippen molar-refractivity contribution < 1.29 is 27.1 Å². The highest BCUT2D eigenvalue weighted by atomic mass is 19.4. The minimum absolute atomic E-state index is 0.0830. The molecule has 1 saturated heterocycles. The molecule has 0 aliphatic carbocycles. The van der Waals surface area contributed by atoms with Gasteiger partial charge in [0.25, 0.3) is 0 Å². The van der Waals surface area contributed by atoms with Crippen LogP contribution in [0.25, 0.3) is 11.0 Å². The number of benzene rings is 2. The summed E-state index contributed by atoms with van der Waals surface area (Å²) in [5.74, 6) is 0.331. The molecule has 32 heavy (non-hydrogen) atoms. The highest BCUT2D eigenvalue weighted by Crippen LogP contribution is 2.33. The molecule has 4 rings (SSSR count). The van der Waals surface area contributed by atoms with E-state index in [4.69, 9.17) is 9.15 Å². The van der Waals surface area contributed by atoms with E-state index in [1.165, 1.54) is 24.3 Å². The maximum atomic E-state index is 12.7. The van der Waals surface area contributed by atoms with Crippen molar-refractivity contribution in [3.63, 3.8) is 0 Å². The third-order valence-corrected chi connectivity index (χ3v) is 5.47. The molecule has 1 aliphatic rings. The van der Waals surface area contributed by atoms with E-state index in [0.717, 1.165) is 25.9 Å². The Bertz CT molecular complexity index is 1140. The largest absolute Gasteiger partial charge is 0.573 e. The zero-order valence-corrected chi connectivity index (χ0v) is 17.4. The molecule has 1 N–H and O–H groups in total. The normalized spacial score (nSPS) is 15.0. The van der Waals surface area contributed by atoms with Crippen LogP contribution in [0.15, 0.2) is 57.7 Å². The summed E-state index contributed by atoms with van der Waals surface area (Å²) in [4.78, 5) is 14.4. The molecular weight excluding hydrogens is 425 g/mol. The highest BCUT2D eigenvalue weighted by molar-refractivity contribution is 5.91. The van der Waals surface area contributed by atoms with Gasteiger partial charge in [0.1, 0.15) is 17.1 Å². The number of methoxy groups -OCH3 is 1. The molecule has 0 unspecified atom stereocenters. The lowest BCUT2D eigenvalue weighted by Gasteiger charge is -2.37. The number of piperidine rings is 1. The van der Waals surface area contributed by atoms with Crippen LogP contribution in [0, 0.1) is 0 Å². The first-order valence-corrected chi connectivity index (χ1v) is 10.3. The molecule has 6 nitrogen and oxygen atoms in total. The van der Waals surface area contributed by atoms with Gasteiger partial charge in [-0.15, -0.1) is 13.2 Å². The summed E-state index contributed by atoms with van der Waals surface area (Å²) in [5, 5.41) is 4.01. The first kappa shape index (κ1) is 22.0. The second-order valence-corrected chi connectivity index (χ2v) is 7.62. The standard InChI is InChI=1S/C23H23F3N2O4/c1-30-17-5-6-21-19(12-17)20(13-22(29)31-21)28(16-7-9-27-10-8-16)14-15-3-2-4-18(11-15)32-23(24,25)26/h2-6,11-13,16,27H,7-10,14H2,1H3. The first-order chi connectivity index (χ1) is 15.3. The number of nitrogens with one attached hydrogen (secondary N) is 1. The Hall–Kier alpha value is -3.20. The zero-order chi connectivity index (χ0) is 22.7. The minimum atomic E-state index is -4.77. The monoisotopic (exact) mass is 448 g/mol. The van der Waals surface area contributed by atoms with E-state index in [1.54, 1.807) is 31.4 Å². The lowest BCUT2D eigenvalue weighted by molar-refractivity contribution is -0.274. The number of fused-ring (bicyclic) bond motifs is 1.